The average molecular weight is 336 g/mol. The van der Waals surface area contributed by atoms with Crippen LogP contribution in [-0.2, 0) is 10.0 Å². The minimum Gasteiger partial charge on any atom is -0.497 e. The second kappa shape index (κ2) is 6.41. The highest BCUT2D eigenvalue weighted by Crippen LogP contribution is 2.19. The second-order valence-corrected chi connectivity index (χ2v) is 7.64. The number of nitrogens with zero attached hydrogens (tertiary/aromatic N) is 2. The maximum atomic E-state index is 12.3. The molecule has 1 aromatic heterocycles. The summed E-state index contributed by atoms with van der Waals surface area (Å²) in [6.07, 6.45) is 0. The topological polar surface area (TPSA) is 93.2 Å². The van der Waals surface area contributed by atoms with Gasteiger partial charge >= 0.3 is 0 Å². The maximum absolute atomic E-state index is 12.3. The number of benzene rings is 1. The Morgan fingerprint density at radius 2 is 1.52 bits per heavy atom. The van der Waals surface area contributed by atoms with Crippen LogP contribution in [0.4, 0.5) is 11.6 Å². The van der Waals surface area contributed by atoms with E-state index in [1.165, 1.54) is 19.2 Å². The zero-order valence-corrected chi connectivity index (χ0v) is 14.3. The summed E-state index contributed by atoms with van der Waals surface area (Å²) in [5.74, 6) is 1.31. The molecular formula is C15H20N4O3S. The van der Waals surface area contributed by atoms with Crippen molar-refractivity contribution in [3.05, 3.63) is 36.4 Å². The second-order valence-electron chi connectivity index (χ2n) is 5.96. The number of ether oxygens (including phenoxy) is 1. The van der Waals surface area contributed by atoms with Gasteiger partial charge in [-0.05, 0) is 57.2 Å². The molecule has 0 aliphatic carbocycles. The number of rotatable bonds is 5. The Morgan fingerprint density at radius 1 is 0.957 bits per heavy atom. The molecule has 0 atom stereocenters. The van der Waals surface area contributed by atoms with E-state index in [1.807, 2.05) is 20.8 Å². The number of hydrogen-bond donors (Lipinski definition) is 2. The van der Waals surface area contributed by atoms with Crippen LogP contribution in [0.1, 0.15) is 20.8 Å². The fourth-order valence-corrected chi connectivity index (χ4v) is 2.79. The van der Waals surface area contributed by atoms with Crippen molar-refractivity contribution >= 4 is 21.7 Å². The highest BCUT2D eigenvalue weighted by atomic mass is 32.2. The first-order valence-electron chi connectivity index (χ1n) is 6.98. The largest absolute Gasteiger partial charge is 0.497 e. The summed E-state index contributed by atoms with van der Waals surface area (Å²) in [5.41, 5.74) is -0.154. The fourth-order valence-electron chi connectivity index (χ4n) is 1.79. The highest BCUT2D eigenvalue weighted by Gasteiger charge is 2.16. The van der Waals surface area contributed by atoms with Crippen LogP contribution in [0.15, 0.2) is 41.3 Å². The minimum atomic E-state index is -3.71. The molecule has 1 aromatic carbocycles. The normalized spacial score (nSPS) is 11.8. The van der Waals surface area contributed by atoms with E-state index < -0.39 is 10.0 Å². The van der Waals surface area contributed by atoms with Crippen LogP contribution >= 0.6 is 0 Å². The Hall–Kier alpha value is -2.35. The van der Waals surface area contributed by atoms with Crippen LogP contribution in [0.2, 0.25) is 0 Å². The van der Waals surface area contributed by atoms with Crippen LogP contribution in [0.25, 0.3) is 0 Å². The smallest absolute Gasteiger partial charge is 0.263 e. The van der Waals surface area contributed by atoms with Crippen LogP contribution in [-0.4, -0.2) is 31.3 Å². The molecule has 0 unspecified atom stereocenters. The molecule has 124 valence electrons. The molecule has 0 saturated carbocycles. The van der Waals surface area contributed by atoms with E-state index in [1.54, 1.807) is 24.3 Å². The van der Waals surface area contributed by atoms with Crippen LogP contribution in [0, 0.1) is 0 Å². The molecule has 0 radical (unpaired) electrons. The van der Waals surface area contributed by atoms with Gasteiger partial charge in [0.2, 0.25) is 0 Å². The minimum absolute atomic E-state index is 0.122. The Labute approximate surface area is 136 Å². The molecule has 0 aliphatic heterocycles. The average Bonchev–Trinajstić information content (AvgIpc) is 2.48. The molecule has 0 bridgehead atoms. The summed E-state index contributed by atoms with van der Waals surface area (Å²) in [6.45, 7) is 5.99. The quantitative estimate of drug-likeness (QED) is 0.871. The lowest BCUT2D eigenvalue weighted by Gasteiger charge is -2.20. The molecule has 0 amide bonds. The summed E-state index contributed by atoms with van der Waals surface area (Å²) in [7, 11) is -2.20. The van der Waals surface area contributed by atoms with E-state index in [0.29, 0.717) is 11.6 Å². The summed E-state index contributed by atoms with van der Waals surface area (Å²) in [4.78, 5) is 0.122. The Morgan fingerprint density at radius 3 is 2.00 bits per heavy atom. The lowest BCUT2D eigenvalue weighted by Crippen LogP contribution is -2.26. The van der Waals surface area contributed by atoms with Crippen molar-refractivity contribution < 1.29 is 13.2 Å². The van der Waals surface area contributed by atoms with Gasteiger partial charge in [0.05, 0.1) is 12.0 Å². The van der Waals surface area contributed by atoms with E-state index >= 15 is 0 Å². The number of anilines is 2. The van der Waals surface area contributed by atoms with Crippen molar-refractivity contribution in [2.24, 2.45) is 0 Å². The highest BCUT2D eigenvalue weighted by molar-refractivity contribution is 7.92. The lowest BCUT2D eigenvalue weighted by molar-refractivity contribution is 0.414. The summed E-state index contributed by atoms with van der Waals surface area (Å²) in [5, 5.41) is 11.0. The van der Waals surface area contributed by atoms with Crippen molar-refractivity contribution in [2.45, 2.75) is 31.2 Å². The van der Waals surface area contributed by atoms with Crippen molar-refractivity contribution in [1.29, 1.82) is 0 Å². The number of aromatic nitrogens is 2. The van der Waals surface area contributed by atoms with E-state index in [9.17, 15) is 8.42 Å². The first-order chi connectivity index (χ1) is 10.7. The number of sulfonamides is 1. The molecule has 2 rings (SSSR count). The molecule has 8 heteroatoms. The first kappa shape index (κ1) is 17.0. The molecule has 2 aromatic rings. The summed E-state index contributed by atoms with van der Waals surface area (Å²) >= 11 is 0. The lowest BCUT2D eigenvalue weighted by atomic mass is 10.1. The molecule has 0 spiro atoms. The van der Waals surface area contributed by atoms with Crippen LogP contribution in [0.3, 0.4) is 0 Å². The molecule has 1 heterocycles. The Balaban J connectivity index is 2.13. The van der Waals surface area contributed by atoms with Gasteiger partial charge in [0.25, 0.3) is 10.0 Å². The van der Waals surface area contributed by atoms with Gasteiger partial charge in [0.1, 0.15) is 11.6 Å². The number of nitrogens with one attached hydrogen (secondary N) is 2. The third kappa shape index (κ3) is 4.82. The van der Waals surface area contributed by atoms with E-state index in [0.717, 1.165) is 0 Å². The molecule has 2 N–H and O–H groups in total. The molecule has 23 heavy (non-hydrogen) atoms. The van der Waals surface area contributed by atoms with Crippen molar-refractivity contribution in [3.8, 4) is 5.75 Å². The third-order valence-electron chi connectivity index (χ3n) is 2.78. The monoisotopic (exact) mass is 336 g/mol. The van der Waals surface area contributed by atoms with Gasteiger partial charge in [-0.1, -0.05) is 0 Å². The first-order valence-corrected chi connectivity index (χ1v) is 8.47. The van der Waals surface area contributed by atoms with Gasteiger partial charge in [0, 0.05) is 5.54 Å². The zero-order chi connectivity index (χ0) is 17.1. The van der Waals surface area contributed by atoms with Gasteiger partial charge in [-0.3, -0.25) is 4.72 Å². The molecule has 0 fully saturated rings. The molecular weight excluding hydrogens is 316 g/mol. The van der Waals surface area contributed by atoms with E-state index in [4.69, 9.17) is 4.74 Å². The Bertz CT molecular complexity index is 751. The maximum Gasteiger partial charge on any atom is 0.263 e. The number of methoxy groups -OCH3 is 1. The van der Waals surface area contributed by atoms with Crippen molar-refractivity contribution in [2.75, 3.05) is 17.1 Å². The SMILES string of the molecule is COc1ccc(S(=O)(=O)Nc2ccc(NC(C)(C)C)nn2)cc1. The molecule has 7 nitrogen and oxygen atoms in total. The van der Waals surface area contributed by atoms with Gasteiger partial charge in [0.15, 0.2) is 5.82 Å². The van der Waals surface area contributed by atoms with Crippen molar-refractivity contribution in [1.82, 2.24) is 10.2 Å². The van der Waals surface area contributed by atoms with Crippen LogP contribution in [0.5, 0.6) is 5.75 Å². The Kier molecular flexibility index (Phi) is 4.74. The van der Waals surface area contributed by atoms with Gasteiger partial charge in [-0.2, -0.15) is 0 Å². The standard InChI is InChI=1S/C15H20N4O3S/c1-15(2,3)16-13-9-10-14(18-17-13)19-23(20,21)12-7-5-11(22-4)6-8-12/h5-10H,1-4H3,(H,16,17)(H,18,19). The van der Waals surface area contributed by atoms with Gasteiger partial charge < -0.3 is 10.1 Å². The summed E-state index contributed by atoms with van der Waals surface area (Å²) in [6, 6.07) is 9.31. The number of hydrogen-bond acceptors (Lipinski definition) is 6. The predicted molar refractivity (Wildman–Crippen MR) is 89.2 cm³/mol. The predicted octanol–water partition coefficient (Wildman–Crippen LogP) is 2.50. The molecule has 0 aliphatic rings. The zero-order valence-electron chi connectivity index (χ0n) is 13.5. The van der Waals surface area contributed by atoms with Gasteiger partial charge in [-0.25, -0.2) is 8.42 Å². The van der Waals surface area contributed by atoms with Crippen molar-refractivity contribution in [3.63, 3.8) is 0 Å². The molecule has 0 saturated heterocycles. The van der Waals surface area contributed by atoms with E-state index in [2.05, 4.69) is 20.2 Å². The fraction of sp³-hybridized carbons (Fsp3) is 0.333. The van der Waals surface area contributed by atoms with E-state index in [-0.39, 0.29) is 16.3 Å². The van der Waals surface area contributed by atoms with Gasteiger partial charge in [-0.15, -0.1) is 10.2 Å². The van der Waals surface area contributed by atoms with Crippen LogP contribution < -0.4 is 14.8 Å². The summed E-state index contributed by atoms with van der Waals surface area (Å²) < 4.78 is 32.0. The third-order valence-corrected chi connectivity index (χ3v) is 4.15.